The zero-order valence-corrected chi connectivity index (χ0v) is 9.47. The number of rotatable bonds is 2. The maximum Gasteiger partial charge on any atom is 0.184 e. The summed E-state index contributed by atoms with van der Waals surface area (Å²) in [5, 5.41) is 4.09. The first-order valence-electron chi connectivity index (χ1n) is 6.29. The zero-order valence-electron chi connectivity index (χ0n) is 9.47. The number of aromatic nitrogens is 2. The first kappa shape index (κ1) is 8.97. The molecule has 3 nitrogen and oxygen atoms in total. The van der Waals surface area contributed by atoms with Gasteiger partial charge < -0.3 is 0 Å². The number of hydrogen-bond donors (Lipinski definition) is 0. The van der Waals surface area contributed by atoms with Gasteiger partial charge in [0.25, 0.3) is 0 Å². The monoisotopic (exact) mass is 216 g/mol. The molecule has 3 aliphatic carbocycles. The molecule has 0 radical (unpaired) electrons. The number of ketones is 1. The van der Waals surface area contributed by atoms with Crippen LogP contribution in [0.15, 0.2) is 12.3 Å². The Kier molecular flexibility index (Phi) is 1.55. The first-order valence-corrected chi connectivity index (χ1v) is 6.29. The standard InChI is InChI=1S/C13H16N2O/c1-15-9(4-5-14-15)13(16)12-10-7-2-3-8(6-7)11(10)12/h4-5,7-8,10-12H,2-3,6H2,1H3. The molecule has 0 aliphatic heterocycles. The number of carbonyl (C=O) groups is 1. The summed E-state index contributed by atoms with van der Waals surface area (Å²) in [6.07, 6.45) is 5.88. The lowest BCUT2D eigenvalue weighted by Gasteiger charge is -2.07. The Balaban J connectivity index is 1.62. The van der Waals surface area contributed by atoms with E-state index in [2.05, 4.69) is 5.10 Å². The summed E-state index contributed by atoms with van der Waals surface area (Å²) in [6, 6.07) is 1.86. The topological polar surface area (TPSA) is 34.9 Å². The minimum atomic E-state index is 0.349. The molecule has 3 fully saturated rings. The van der Waals surface area contributed by atoms with E-state index in [0.717, 1.165) is 29.4 Å². The molecule has 4 unspecified atom stereocenters. The predicted octanol–water partition coefficient (Wildman–Crippen LogP) is 1.89. The molecule has 3 heteroatoms. The maximum atomic E-state index is 12.4. The van der Waals surface area contributed by atoms with E-state index in [4.69, 9.17) is 0 Å². The summed E-state index contributed by atoms with van der Waals surface area (Å²) in [5.41, 5.74) is 0.804. The highest BCUT2D eigenvalue weighted by Crippen LogP contribution is 2.69. The van der Waals surface area contributed by atoms with Gasteiger partial charge in [0.1, 0.15) is 5.69 Å². The molecule has 0 aromatic carbocycles. The summed E-state index contributed by atoms with van der Waals surface area (Å²) in [5.74, 6) is 3.92. The minimum absolute atomic E-state index is 0.349. The van der Waals surface area contributed by atoms with Crippen LogP contribution in [0.4, 0.5) is 0 Å². The number of nitrogens with zero attached hydrogens (tertiary/aromatic N) is 2. The molecule has 0 saturated heterocycles. The van der Waals surface area contributed by atoms with Crippen LogP contribution < -0.4 is 0 Å². The molecule has 1 heterocycles. The third-order valence-corrected chi connectivity index (χ3v) is 5.11. The second-order valence-electron chi connectivity index (χ2n) is 5.72. The van der Waals surface area contributed by atoms with Gasteiger partial charge >= 0.3 is 0 Å². The van der Waals surface area contributed by atoms with Gasteiger partial charge in [0.2, 0.25) is 0 Å². The molecule has 0 amide bonds. The van der Waals surface area contributed by atoms with Crippen LogP contribution in [0.5, 0.6) is 0 Å². The number of aryl methyl sites for hydroxylation is 1. The number of carbonyl (C=O) groups excluding carboxylic acids is 1. The summed E-state index contributed by atoms with van der Waals surface area (Å²) < 4.78 is 1.72. The lowest BCUT2D eigenvalue weighted by molar-refractivity contribution is 0.0935. The lowest BCUT2D eigenvalue weighted by Crippen LogP contribution is -2.13. The van der Waals surface area contributed by atoms with Crippen LogP contribution >= 0.6 is 0 Å². The lowest BCUT2D eigenvalue weighted by atomic mass is 9.98. The first-order chi connectivity index (χ1) is 7.77. The third kappa shape index (κ3) is 0.944. The van der Waals surface area contributed by atoms with E-state index in [9.17, 15) is 4.79 Å². The van der Waals surface area contributed by atoms with Crippen molar-refractivity contribution in [2.24, 2.45) is 36.6 Å². The Morgan fingerprint density at radius 3 is 2.62 bits per heavy atom. The maximum absolute atomic E-state index is 12.4. The van der Waals surface area contributed by atoms with Gasteiger partial charge in [0.05, 0.1) is 0 Å². The Morgan fingerprint density at radius 2 is 2.06 bits per heavy atom. The van der Waals surface area contributed by atoms with Crippen molar-refractivity contribution >= 4 is 5.78 Å². The highest BCUT2D eigenvalue weighted by molar-refractivity contribution is 5.98. The third-order valence-electron chi connectivity index (χ3n) is 5.11. The highest BCUT2D eigenvalue weighted by atomic mass is 16.1. The molecule has 3 saturated carbocycles. The average Bonchev–Trinajstić information content (AvgIpc) is 2.67. The largest absolute Gasteiger partial charge is 0.292 e. The van der Waals surface area contributed by atoms with Gasteiger partial charge in [-0.15, -0.1) is 0 Å². The van der Waals surface area contributed by atoms with E-state index in [-0.39, 0.29) is 0 Å². The van der Waals surface area contributed by atoms with Crippen molar-refractivity contribution in [1.29, 1.82) is 0 Å². The number of hydrogen-bond acceptors (Lipinski definition) is 2. The zero-order chi connectivity index (χ0) is 10.9. The van der Waals surface area contributed by atoms with Crippen LogP contribution in [0.1, 0.15) is 29.8 Å². The van der Waals surface area contributed by atoms with Gasteiger partial charge in [-0.05, 0) is 49.0 Å². The van der Waals surface area contributed by atoms with Gasteiger partial charge in [0.15, 0.2) is 5.78 Å². The van der Waals surface area contributed by atoms with Gasteiger partial charge in [0, 0.05) is 19.2 Å². The number of Topliss-reactive ketones (excluding diaryl/α,β-unsaturated/α-hetero) is 1. The molecular formula is C13H16N2O. The average molecular weight is 216 g/mol. The van der Waals surface area contributed by atoms with Crippen molar-refractivity contribution in [2.45, 2.75) is 19.3 Å². The van der Waals surface area contributed by atoms with Gasteiger partial charge in [-0.25, -0.2) is 0 Å². The Morgan fingerprint density at radius 1 is 1.38 bits per heavy atom. The second kappa shape index (κ2) is 2.76. The molecule has 16 heavy (non-hydrogen) atoms. The van der Waals surface area contributed by atoms with Crippen LogP contribution in [0, 0.1) is 29.6 Å². The number of fused-ring (bicyclic) bond motifs is 5. The Labute approximate surface area is 94.8 Å². The van der Waals surface area contributed by atoms with Crippen LogP contribution in [0.25, 0.3) is 0 Å². The fourth-order valence-corrected chi connectivity index (χ4v) is 4.46. The van der Waals surface area contributed by atoms with Crippen molar-refractivity contribution in [3.05, 3.63) is 18.0 Å². The minimum Gasteiger partial charge on any atom is -0.292 e. The van der Waals surface area contributed by atoms with Crippen LogP contribution in [-0.2, 0) is 7.05 Å². The van der Waals surface area contributed by atoms with Crippen molar-refractivity contribution in [1.82, 2.24) is 9.78 Å². The molecule has 0 spiro atoms. The molecule has 84 valence electrons. The summed E-state index contributed by atoms with van der Waals surface area (Å²) >= 11 is 0. The smallest absolute Gasteiger partial charge is 0.184 e. The van der Waals surface area contributed by atoms with Crippen molar-refractivity contribution in [3.8, 4) is 0 Å². The summed E-state index contributed by atoms with van der Waals surface area (Å²) in [7, 11) is 1.86. The summed E-state index contributed by atoms with van der Waals surface area (Å²) in [4.78, 5) is 12.4. The van der Waals surface area contributed by atoms with E-state index >= 15 is 0 Å². The van der Waals surface area contributed by atoms with E-state index in [1.807, 2.05) is 13.1 Å². The van der Waals surface area contributed by atoms with E-state index in [0.29, 0.717) is 11.7 Å². The van der Waals surface area contributed by atoms with Crippen LogP contribution in [0.2, 0.25) is 0 Å². The van der Waals surface area contributed by atoms with E-state index in [1.165, 1.54) is 19.3 Å². The van der Waals surface area contributed by atoms with Gasteiger partial charge in [-0.3, -0.25) is 9.48 Å². The van der Waals surface area contributed by atoms with Gasteiger partial charge in [-0.1, -0.05) is 0 Å². The summed E-state index contributed by atoms with van der Waals surface area (Å²) in [6.45, 7) is 0. The van der Waals surface area contributed by atoms with Gasteiger partial charge in [-0.2, -0.15) is 5.10 Å². The van der Waals surface area contributed by atoms with E-state index in [1.54, 1.807) is 10.9 Å². The Hall–Kier alpha value is -1.12. The van der Waals surface area contributed by atoms with Crippen LogP contribution in [-0.4, -0.2) is 15.6 Å². The molecule has 1 aromatic rings. The molecule has 1 aromatic heterocycles. The normalized spacial score (nSPS) is 43.4. The Bertz CT molecular complexity index is 448. The molecule has 2 bridgehead atoms. The molecule has 4 atom stereocenters. The predicted molar refractivity (Wildman–Crippen MR) is 58.8 cm³/mol. The molecule has 3 aliphatic rings. The van der Waals surface area contributed by atoms with Crippen molar-refractivity contribution in [3.63, 3.8) is 0 Å². The van der Waals surface area contributed by atoms with Crippen molar-refractivity contribution in [2.75, 3.05) is 0 Å². The molecular weight excluding hydrogens is 200 g/mol. The highest BCUT2D eigenvalue weighted by Gasteiger charge is 2.67. The molecule has 0 N–H and O–H groups in total. The molecule has 4 rings (SSSR count). The van der Waals surface area contributed by atoms with Crippen molar-refractivity contribution < 1.29 is 4.79 Å². The second-order valence-corrected chi connectivity index (χ2v) is 5.72. The quantitative estimate of drug-likeness (QED) is 0.708. The van der Waals surface area contributed by atoms with Crippen LogP contribution in [0.3, 0.4) is 0 Å². The fraction of sp³-hybridized carbons (Fsp3) is 0.692. The fourth-order valence-electron chi connectivity index (χ4n) is 4.46. The van der Waals surface area contributed by atoms with E-state index < -0.39 is 0 Å². The SMILES string of the molecule is Cn1nccc1C(=O)C1C2C3CCC(C3)C12.